The van der Waals surface area contributed by atoms with Crippen molar-refractivity contribution in [3.63, 3.8) is 0 Å². The summed E-state index contributed by atoms with van der Waals surface area (Å²) in [6.07, 6.45) is 4.03. The van der Waals surface area contributed by atoms with E-state index in [-0.39, 0.29) is 0 Å². The average Bonchev–Trinajstić information content (AvgIpc) is 2.96. The van der Waals surface area contributed by atoms with E-state index in [0.717, 1.165) is 18.0 Å². The quantitative estimate of drug-likeness (QED) is 0.835. The van der Waals surface area contributed by atoms with E-state index >= 15 is 0 Å². The molecule has 0 saturated heterocycles. The van der Waals surface area contributed by atoms with Crippen molar-refractivity contribution in [3.05, 3.63) is 35.0 Å². The molecule has 1 aliphatic heterocycles. The van der Waals surface area contributed by atoms with Crippen molar-refractivity contribution < 1.29 is 4.74 Å². The van der Waals surface area contributed by atoms with Gasteiger partial charge in [-0.25, -0.2) is 0 Å². The first-order valence-corrected chi connectivity index (χ1v) is 6.00. The Morgan fingerprint density at radius 2 is 2.38 bits per heavy atom. The maximum absolute atomic E-state index is 5.27. The third-order valence-electron chi connectivity index (χ3n) is 2.73. The SMILES string of the molecule is COc1cc[nH]c1/C=C1\CNc2sccc21. The summed E-state index contributed by atoms with van der Waals surface area (Å²) in [6.45, 7) is 0.893. The lowest BCUT2D eigenvalue weighted by atomic mass is 10.1. The molecule has 0 saturated carbocycles. The largest absolute Gasteiger partial charge is 0.495 e. The first kappa shape index (κ1) is 9.54. The number of methoxy groups -OCH3 is 1. The number of aromatic amines is 1. The lowest BCUT2D eigenvalue weighted by Gasteiger charge is -1.99. The van der Waals surface area contributed by atoms with E-state index in [4.69, 9.17) is 4.74 Å². The fourth-order valence-electron chi connectivity index (χ4n) is 1.93. The summed E-state index contributed by atoms with van der Waals surface area (Å²) in [5.41, 5.74) is 3.64. The van der Waals surface area contributed by atoms with E-state index in [9.17, 15) is 0 Å². The molecule has 3 rings (SSSR count). The van der Waals surface area contributed by atoms with E-state index in [2.05, 4.69) is 27.8 Å². The molecule has 0 aromatic carbocycles. The second-order valence-electron chi connectivity index (χ2n) is 3.65. The van der Waals surface area contributed by atoms with Gasteiger partial charge in [0, 0.05) is 18.3 Å². The van der Waals surface area contributed by atoms with Gasteiger partial charge in [-0.2, -0.15) is 0 Å². The van der Waals surface area contributed by atoms with Crippen molar-refractivity contribution in [1.29, 1.82) is 0 Å². The summed E-state index contributed by atoms with van der Waals surface area (Å²) in [4.78, 5) is 3.18. The molecule has 4 heteroatoms. The van der Waals surface area contributed by atoms with Gasteiger partial charge < -0.3 is 15.0 Å². The van der Waals surface area contributed by atoms with Crippen molar-refractivity contribution in [2.75, 3.05) is 19.0 Å². The lowest BCUT2D eigenvalue weighted by molar-refractivity contribution is 0.414. The van der Waals surface area contributed by atoms with Crippen molar-refractivity contribution in [2.45, 2.75) is 0 Å². The van der Waals surface area contributed by atoms with Crippen LogP contribution in [0.25, 0.3) is 11.6 Å². The van der Waals surface area contributed by atoms with Gasteiger partial charge in [0.1, 0.15) is 5.75 Å². The van der Waals surface area contributed by atoms with Crippen LogP contribution in [-0.2, 0) is 0 Å². The minimum absolute atomic E-state index is 0.885. The third kappa shape index (κ3) is 1.42. The minimum atomic E-state index is 0.885. The van der Waals surface area contributed by atoms with Gasteiger partial charge in [-0.05, 0) is 29.2 Å². The van der Waals surface area contributed by atoms with Crippen LogP contribution in [0.2, 0.25) is 0 Å². The van der Waals surface area contributed by atoms with Gasteiger partial charge in [-0.1, -0.05) is 0 Å². The highest BCUT2D eigenvalue weighted by molar-refractivity contribution is 7.14. The maximum Gasteiger partial charge on any atom is 0.143 e. The highest BCUT2D eigenvalue weighted by atomic mass is 32.1. The molecular weight excluding hydrogens is 220 g/mol. The topological polar surface area (TPSA) is 37.0 Å². The number of hydrogen-bond acceptors (Lipinski definition) is 3. The van der Waals surface area contributed by atoms with E-state index in [0.29, 0.717) is 0 Å². The number of thiophene rings is 1. The lowest BCUT2D eigenvalue weighted by Crippen LogP contribution is -1.91. The van der Waals surface area contributed by atoms with Crippen LogP contribution >= 0.6 is 11.3 Å². The molecule has 0 aliphatic carbocycles. The van der Waals surface area contributed by atoms with E-state index in [1.807, 2.05) is 12.3 Å². The predicted molar refractivity (Wildman–Crippen MR) is 68.0 cm³/mol. The first-order valence-electron chi connectivity index (χ1n) is 5.12. The Morgan fingerprint density at radius 3 is 3.25 bits per heavy atom. The van der Waals surface area contributed by atoms with Crippen LogP contribution in [0.1, 0.15) is 11.3 Å². The van der Waals surface area contributed by atoms with E-state index in [1.54, 1.807) is 18.4 Å². The minimum Gasteiger partial charge on any atom is -0.495 e. The number of nitrogens with one attached hydrogen (secondary N) is 2. The Bertz CT molecular complexity index is 539. The van der Waals surface area contributed by atoms with Gasteiger partial charge in [0.15, 0.2) is 0 Å². The summed E-state index contributed by atoms with van der Waals surface area (Å²) in [5.74, 6) is 0.885. The van der Waals surface area contributed by atoms with Crippen molar-refractivity contribution in [2.24, 2.45) is 0 Å². The number of anilines is 1. The highest BCUT2D eigenvalue weighted by Gasteiger charge is 2.17. The molecule has 82 valence electrons. The zero-order valence-electron chi connectivity index (χ0n) is 8.91. The number of ether oxygens (including phenoxy) is 1. The molecule has 2 aromatic rings. The summed E-state index contributed by atoms with van der Waals surface area (Å²) in [6, 6.07) is 4.09. The fraction of sp³-hybridized carbons (Fsp3) is 0.167. The Hall–Kier alpha value is -1.68. The first-order chi connectivity index (χ1) is 7.88. The van der Waals surface area contributed by atoms with Gasteiger partial charge >= 0.3 is 0 Å². The smallest absolute Gasteiger partial charge is 0.143 e. The Balaban J connectivity index is 2.00. The normalized spacial score (nSPS) is 16.2. The number of fused-ring (bicyclic) bond motifs is 1. The molecule has 3 nitrogen and oxygen atoms in total. The van der Waals surface area contributed by atoms with Gasteiger partial charge in [-0.15, -0.1) is 11.3 Å². The zero-order valence-corrected chi connectivity index (χ0v) is 9.73. The zero-order chi connectivity index (χ0) is 11.0. The van der Waals surface area contributed by atoms with Gasteiger partial charge in [0.05, 0.1) is 17.8 Å². The summed E-state index contributed by atoms with van der Waals surface area (Å²) < 4.78 is 5.27. The van der Waals surface area contributed by atoms with Gasteiger partial charge in [0.25, 0.3) is 0 Å². The maximum atomic E-state index is 5.27. The van der Waals surface area contributed by atoms with E-state index < -0.39 is 0 Å². The molecule has 2 aromatic heterocycles. The monoisotopic (exact) mass is 232 g/mol. The van der Waals surface area contributed by atoms with Gasteiger partial charge in [-0.3, -0.25) is 0 Å². The molecule has 0 atom stereocenters. The van der Waals surface area contributed by atoms with Crippen molar-refractivity contribution >= 4 is 28.0 Å². The molecule has 0 amide bonds. The Kier molecular flexibility index (Phi) is 2.22. The second-order valence-corrected chi connectivity index (χ2v) is 4.56. The Morgan fingerprint density at radius 1 is 1.44 bits per heavy atom. The standard InChI is InChI=1S/C12H12N2OS/c1-15-11-2-4-13-10(11)6-8-7-14-12-9(8)3-5-16-12/h2-6,13-14H,7H2,1H3/b8-6+. The molecule has 2 N–H and O–H groups in total. The molecule has 0 radical (unpaired) electrons. The van der Waals surface area contributed by atoms with Crippen LogP contribution in [0.5, 0.6) is 5.75 Å². The molecular formula is C12H12N2OS. The van der Waals surface area contributed by atoms with Crippen LogP contribution < -0.4 is 10.1 Å². The molecule has 16 heavy (non-hydrogen) atoms. The van der Waals surface area contributed by atoms with Gasteiger partial charge in [0.2, 0.25) is 0 Å². The molecule has 0 spiro atoms. The molecule has 1 aliphatic rings. The number of H-pyrrole nitrogens is 1. The number of aromatic nitrogens is 1. The van der Waals surface area contributed by atoms with Crippen molar-refractivity contribution in [3.8, 4) is 5.75 Å². The third-order valence-corrected chi connectivity index (χ3v) is 3.60. The van der Waals surface area contributed by atoms with Crippen molar-refractivity contribution in [1.82, 2.24) is 4.98 Å². The average molecular weight is 232 g/mol. The van der Waals surface area contributed by atoms with E-state index in [1.165, 1.54) is 16.1 Å². The molecule has 0 fully saturated rings. The molecule has 0 unspecified atom stereocenters. The summed E-state index contributed by atoms with van der Waals surface area (Å²) in [5, 5.41) is 6.74. The van der Waals surface area contributed by atoms with Crippen LogP contribution in [0, 0.1) is 0 Å². The van der Waals surface area contributed by atoms with Crippen LogP contribution in [0.4, 0.5) is 5.00 Å². The molecule has 0 bridgehead atoms. The summed E-state index contributed by atoms with van der Waals surface area (Å²) in [7, 11) is 1.69. The number of hydrogen-bond donors (Lipinski definition) is 2. The molecule has 3 heterocycles. The van der Waals surface area contributed by atoms with Crippen LogP contribution in [-0.4, -0.2) is 18.6 Å². The van der Waals surface area contributed by atoms with Crippen LogP contribution in [0.3, 0.4) is 0 Å². The fourth-order valence-corrected chi connectivity index (χ4v) is 2.75. The highest BCUT2D eigenvalue weighted by Crippen LogP contribution is 2.36. The second kappa shape index (κ2) is 3.72. The Labute approximate surface area is 97.8 Å². The number of rotatable bonds is 2. The predicted octanol–water partition coefficient (Wildman–Crippen LogP) is 3.05. The summed E-state index contributed by atoms with van der Waals surface area (Å²) >= 11 is 1.74. The van der Waals surface area contributed by atoms with Crippen LogP contribution in [0.15, 0.2) is 23.7 Å².